The van der Waals surface area contributed by atoms with Crippen LogP contribution in [0.25, 0.3) is 17.3 Å². The molecule has 0 amide bonds. The smallest absolute Gasteiger partial charge is 0.227 e. The van der Waals surface area contributed by atoms with Gasteiger partial charge in [-0.15, -0.1) is 0 Å². The highest BCUT2D eigenvalue weighted by Gasteiger charge is 2.11. The third-order valence-corrected chi connectivity index (χ3v) is 4.13. The quantitative estimate of drug-likeness (QED) is 0.778. The van der Waals surface area contributed by atoms with E-state index in [-0.39, 0.29) is 0 Å². The van der Waals surface area contributed by atoms with Gasteiger partial charge in [0, 0.05) is 41.4 Å². The van der Waals surface area contributed by atoms with E-state index in [0.717, 1.165) is 33.8 Å². The van der Waals surface area contributed by atoms with E-state index in [1.54, 1.807) is 6.20 Å². The number of anilines is 2. The van der Waals surface area contributed by atoms with Crippen LogP contribution in [0.4, 0.5) is 17.3 Å². The highest BCUT2D eigenvalue weighted by atomic mass is 15.3. The molecule has 0 atom stereocenters. The Kier molecular flexibility index (Phi) is 3.72. The molecule has 6 heteroatoms. The van der Waals surface area contributed by atoms with E-state index in [2.05, 4.69) is 39.5 Å². The van der Waals surface area contributed by atoms with Gasteiger partial charge >= 0.3 is 0 Å². The fraction of sp³-hybridized carbons (Fsp3) is 0.211. The molecule has 1 aromatic carbocycles. The lowest BCUT2D eigenvalue weighted by molar-refractivity contribution is 0.532. The van der Waals surface area contributed by atoms with Gasteiger partial charge in [-0.2, -0.15) is 5.10 Å². The van der Waals surface area contributed by atoms with Crippen LogP contribution < -0.4 is 10.6 Å². The molecular weight excluding hydrogens is 312 g/mol. The summed E-state index contributed by atoms with van der Waals surface area (Å²) in [5.41, 5.74) is 5.92. The summed E-state index contributed by atoms with van der Waals surface area (Å²) in [6.45, 7) is 6.21. The molecule has 1 radical (unpaired) electrons. The summed E-state index contributed by atoms with van der Waals surface area (Å²) in [6, 6.07) is 6.33. The van der Waals surface area contributed by atoms with Crippen LogP contribution in [0.15, 0.2) is 43.0 Å². The lowest BCUT2D eigenvalue weighted by Gasteiger charge is -2.09. The first-order chi connectivity index (χ1) is 12.1. The number of hydrogen-bond donors (Lipinski definition) is 1. The Morgan fingerprint density at radius 1 is 1.16 bits per heavy atom. The number of fused-ring (bicyclic) bond motifs is 1. The largest absolute Gasteiger partial charge is 0.324 e. The van der Waals surface area contributed by atoms with Crippen molar-refractivity contribution in [2.24, 2.45) is 0 Å². The summed E-state index contributed by atoms with van der Waals surface area (Å²) >= 11 is 0. The van der Waals surface area contributed by atoms with E-state index >= 15 is 0 Å². The minimum Gasteiger partial charge on any atom is -0.324 e. The standard InChI is InChI=1S/C19H19N6/c1-12(2)25-11-15(10-22-25)18-13(3)9-21-19(24-18)23-16-4-5-17-14(8-16)6-7-20-17/h4-12H,1-3H3,(H,21,23,24). The first kappa shape index (κ1) is 15.4. The SMILES string of the molecule is Cc1cnc(Nc2ccc3c(c2)C=C[N]3)nc1-c1cnn(C(C)C)c1. The van der Waals surface area contributed by atoms with Gasteiger partial charge in [0.2, 0.25) is 5.95 Å². The van der Waals surface area contributed by atoms with Crippen molar-refractivity contribution < 1.29 is 0 Å². The van der Waals surface area contributed by atoms with Crippen molar-refractivity contribution in [1.29, 1.82) is 0 Å². The van der Waals surface area contributed by atoms with Gasteiger partial charge in [-0.25, -0.2) is 9.97 Å². The van der Waals surface area contributed by atoms with Crippen LogP contribution in [0.1, 0.15) is 31.0 Å². The van der Waals surface area contributed by atoms with Crippen LogP contribution in [0.5, 0.6) is 0 Å². The van der Waals surface area contributed by atoms with E-state index in [9.17, 15) is 0 Å². The number of aryl methyl sites for hydroxylation is 1. The Hall–Kier alpha value is -3.15. The summed E-state index contributed by atoms with van der Waals surface area (Å²) < 4.78 is 1.93. The number of rotatable bonds is 4. The van der Waals surface area contributed by atoms with Crippen LogP contribution >= 0.6 is 0 Å². The third kappa shape index (κ3) is 2.98. The molecule has 1 N–H and O–H groups in total. The van der Waals surface area contributed by atoms with E-state index in [4.69, 9.17) is 0 Å². The normalized spacial score (nSPS) is 12.3. The molecule has 0 unspecified atom stereocenters. The number of aromatic nitrogens is 4. The molecule has 1 aliphatic heterocycles. The van der Waals surface area contributed by atoms with Crippen LogP contribution in [0.2, 0.25) is 0 Å². The fourth-order valence-electron chi connectivity index (χ4n) is 2.75. The van der Waals surface area contributed by atoms with Crippen molar-refractivity contribution in [1.82, 2.24) is 25.1 Å². The number of hydrogen-bond acceptors (Lipinski definition) is 4. The molecule has 125 valence electrons. The minimum atomic E-state index is 0.318. The molecule has 6 nitrogen and oxygen atoms in total. The monoisotopic (exact) mass is 331 g/mol. The second-order valence-corrected chi connectivity index (χ2v) is 6.37. The lowest BCUT2D eigenvalue weighted by Crippen LogP contribution is -2.01. The lowest BCUT2D eigenvalue weighted by atomic mass is 10.1. The predicted molar refractivity (Wildman–Crippen MR) is 98.9 cm³/mol. The second kappa shape index (κ2) is 6.05. The number of nitrogens with zero attached hydrogens (tertiary/aromatic N) is 5. The summed E-state index contributed by atoms with van der Waals surface area (Å²) in [7, 11) is 0. The highest BCUT2D eigenvalue weighted by Crippen LogP contribution is 2.28. The molecular formula is C19H19N6. The summed E-state index contributed by atoms with van der Waals surface area (Å²) in [5.74, 6) is 0.566. The van der Waals surface area contributed by atoms with Gasteiger partial charge in [-0.05, 0) is 50.6 Å². The molecule has 0 bridgehead atoms. The molecule has 3 heterocycles. The minimum absolute atomic E-state index is 0.318. The Morgan fingerprint density at radius 2 is 2.04 bits per heavy atom. The maximum atomic E-state index is 4.69. The molecule has 0 saturated carbocycles. The van der Waals surface area contributed by atoms with Gasteiger partial charge < -0.3 is 5.32 Å². The van der Waals surface area contributed by atoms with E-state index in [1.807, 2.05) is 54.5 Å². The summed E-state index contributed by atoms with van der Waals surface area (Å²) in [4.78, 5) is 9.09. The molecule has 3 aromatic rings. The average Bonchev–Trinajstić information content (AvgIpc) is 3.25. The molecule has 0 saturated heterocycles. The van der Waals surface area contributed by atoms with Crippen LogP contribution in [0.3, 0.4) is 0 Å². The van der Waals surface area contributed by atoms with Crippen molar-refractivity contribution >= 4 is 23.4 Å². The van der Waals surface area contributed by atoms with Gasteiger partial charge in [0.1, 0.15) is 0 Å². The highest BCUT2D eigenvalue weighted by molar-refractivity contribution is 5.74. The average molecular weight is 331 g/mol. The Morgan fingerprint density at radius 3 is 2.84 bits per heavy atom. The third-order valence-electron chi connectivity index (χ3n) is 4.13. The van der Waals surface area contributed by atoms with Crippen molar-refractivity contribution in [2.45, 2.75) is 26.8 Å². The summed E-state index contributed by atoms with van der Waals surface area (Å²) in [6.07, 6.45) is 9.50. The van der Waals surface area contributed by atoms with Crippen LogP contribution in [0, 0.1) is 6.92 Å². The van der Waals surface area contributed by atoms with Crippen molar-refractivity contribution in [2.75, 3.05) is 5.32 Å². The molecule has 0 aliphatic carbocycles. The van der Waals surface area contributed by atoms with Crippen molar-refractivity contribution in [3.8, 4) is 11.3 Å². The van der Waals surface area contributed by atoms with Gasteiger partial charge in [0.15, 0.2) is 0 Å². The molecule has 0 fully saturated rings. The van der Waals surface area contributed by atoms with E-state index < -0.39 is 0 Å². The zero-order valence-electron chi connectivity index (χ0n) is 14.4. The van der Waals surface area contributed by atoms with Crippen LogP contribution in [-0.2, 0) is 0 Å². The van der Waals surface area contributed by atoms with Gasteiger partial charge in [0.25, 0.3) is 0 Å². The molecule has 4 rings (SSSR count). The zero-order valence-corrected chi connectivity index (χ0v) is 14.4. The van der Waals surface area contributed by atoms with Crippen LogP contribution in [-0.4, -0.2) is 19.7 Å². The number of nitrogens with one attached hydrogen (secondary N) is 1. The van der Waals surface area contributed by atoms with E-state index in [1.165, 1.54) is 0 Å². The maximum Gasteiger partial charge on any atom is 0.227 e. The van der Waals surface area contributed by atoms with E-state index in [0.29, 0.717) is 12.0 Å². The first-order valence-electron chi connectivity index (χ1n) is 8.27. The number of benzene rings is 1. The Bertz CT molecular complexity index is 954. The molecule has 25 heavy (non-hydrogen) atoms. The van der Waals surface area contributed by atoms with Crippen molar-refractivity contribution in [3.05, 3.63) is 54.1 Å². The molecule has 2 aromatic heterocycles. The summed E-state index contributed by atoms with van der Waals surface area (Å²) in [5, 5.41) is 12.0. The predicted octanol–water partition coefficient (Wildman–Crippen LogP) is 4.19. The van der Waals surface area contributed by atoms with Gasteiger partial charge in [-0.1, -0.05) is 0 Å². The molecule has 0 spiro atoms. The van der Waals surface area contributed by atoms with Gasteiger partial charge in [-0.3, -0.25) is 10.00 Å². The maximum absolute atomic E-state index is 4.69. The Labute approximate surface area is 146 Å². The molecule has 1 aliphatic rings. The fourth-order valence-corrected chi connectivity index (χ4v) is 2.75. The van der Waals surface area contributed by atoms with Crippen molar-refractivity contribution in [3.63, 3.8) is 0 Å². The Balaban J connectivity index is 1.64. The van der Waals surface area contributed by atoms with Gasteiger partial charge in [0.05, 0.1) is 17.6 Å². The first-order valence-corrected chi connectivity index (χ1v) is 8.27. The topological polar surface area (TPSA) is 69.7 Å². The second-order valence-electron chi connectivity index (χ2n) is 6.37. The zero-order chi connectivity index (χ0) is 17.4.